The van der Waals surface area contributed by atoms with Crippen LogP contribution in [-0.2, 0) is 9.59 Å². The second-order valence-corrected chi connectivity index (χ2v) is 5.34. The van der Waals surface area contributed by atoms with Crippen molar-refractivity contribution in [3.05, 3.63) is 34.4 Å². The van der Waals surface area contributed by atoms with Crippen molar-refractivity contribution in [1.82, 2.24) is 9.80 Å². The van der Waals surface area contributed by atoms with Gasteiger partial charge in [-0.25, -0.2) is 0 Å². The average molecular weight is 320 g/mol. The summed E-state index contributed by atoms with van der Waals surface area (Å²) in [7, 11) is 0. The maximum atomic E-state index is 12.1. The highest BCUT2D eigenvalue weighted by Crippen LogP contribution is 2.22. The number of para-hydroxylation sites is 2. The number of hydrogen-bond donors (Lipinski definition) is 1. The van der Waals surface area contributed by atoms with E-state index in [0.717, 1.165) is 0 Å². The molecule has 1 aliphatic heterocycles. The van der Waals surface area contributed by atoms with Gasteiger partial charge in [-0.15, -0.1) is 0 Å². The van der Waals surface area contributed by atoms with Gasteiger partial charge in [0.25, 0.3) is 5.69 Å². The maximum Gasteiger partial charge on any atom is 0.292 e. The predicted octanol–water partition coefficient (Wildman–Crippen LogP) is 1.09. The Balaban J connectivity index is 1.80. The van der Waals surface area contributed by atoms with Crippen LogP contribution in [0.5, 0.6) is 0 Å². The third-order valence-corrected chi connectivity index (χ3v) is 3.83. The Kier molecular flexibility index (Phi) is 5.51. The molecule has 0 atom stereocenters. The van der Waals surface area contributed by atoms with Crippen molar-refractivity contribution < 1.29 is 14.5 Å². The molecule has 0 saturated carbocycles. The molecule has 0 bridgehead atoms. The molecule has 0 radical (unpaired) electrons. The van der Waals surface area contributed by atoms with Crippen LogP contribution in [0.25, 0.3) is 0 Å². The molecule has 0 aliphatic carbocycles. The van der Waals surface area contributed by atoms with Gasteiger partial charge < -0.3 is 15.1 Å². The van der Waals surface area contributed by atoms with Gasteiger partial charge in [0.15, 0.2) is 0 Å². The van der Waals surface area contributed by atoms with E-state index in [1.165, 1.54) is 13.0 Å². The summed E-state index contributed by atoms with van der Waals surface area (Å²) in [5.41, 5.74) is 0.404. The number of nitro groups is 1. The number of rotatable bonds is 5. The summed E-state index contributed by atoms with van der Waals surface area (Å²) in [6.45, 7) is 4.02. The minimum absolute atomic E-state index is 0.00461. The summed E-state index contributed by atoms with van der Waals surface area (Å²) < 4.78 is 0. The lowest BCUT2D eigenvalue weighted by molar-refractivity contribution is -0.384. The fraction of sp³-hybridized carbons (Fsp3) is 0.467. The number of carbonyl (C=O) groups excluding carboxylic acids is 2. The van der Waals surface area contributed by atoms with E-state index in [1.54, 1.807) is 28.0 Å². The van der Waals surface area contributed by atoms with E-state index in [0.29, 0.717) is 38.4 Å². The monoisotopic (exact) mass is 320 g/mol. The van der Waals surface area contributed by atoms with Crippen molar-refractivity contribution in [2.75, 3.05) is 38.0 Å². The van der Waals surface area contributed by atoms with Crippen molar-refractivity contribution in [3.8, 4) is 0 Å². The Morgan fingerprint density at radius 1 is 1.17 bits per heavy atom. The van der Waals surface area contributed by atoms with E-state index in [-0.39, 0.29) is 23.9 Å². The van der Waals surface area contributed by atoms with Gasteiger partial charge in [0.05, 0.1) is 4.92 Å². The van der Waals surface area contributed by atoms with Crippen molar-refractivity contribution in [1.29, 1.82) is 0 Å². The van der Waals surface area contributed by atoms with E-state index in [2.05, 4.69) is 5.32 Å². The molecular weight excluding hydrogens is 300 g/mol. The summed E-state index contributed by atoms with van der Waals surface area (Å²) in [5, 5.41) is 13.8. The SMILES string of the molecule is CC(=O)N1CCN(C(=O)CCNc2ccccc2[N+](=O)[O-])CC1. The lowest BCUT2D eigenvalue weighted by Crippen LogP contribution is -2.50. The van der Waals surface area contributed by atoms with Crippen molar-refractivity contribution >= 4 is 23.2 Å². The minimum atomic E-state index is -0.453. The molecule has 1 fully saturated rings. The molecule has 2 rings (SSSR count). The predicted molar refractivity (Wildman–Crippen MR) is 85.0 cm³/mol. The summed E-state index contributed by atoms with van der Waals surface area (Å²) in [5.74, 6) is 0.00874. The molecule has 0 aromatic heterocycles. The zero-order chi connectivity index (χ0) is 16.8. The first-order valence-corrected chi connectivity index (χ1v) is 7.49. The summed E-state index contributed by atoms with van der Waals surface area (Å²) in [6, 6.07) is 6.35. The van der Waals surface area contributed by atoms with Crippen molar-refractivity contribution in [2.24, 2.45) is 0 Å². The molecule has 1 N–H and O–H groups in total. The average Bonchev–Trinajstić information content (AvgIpc) is 2.55. The summed E-state index contributed by atoms with van der Waals surface area (Å²) >= 11 is 0. The molecule has 23 heavy (non-hydrogen) atoms. The molecule has 2 amide bonds. The third kappa shape index (κ3) is 4.41. The molecule has 0 unspecified atom stereocenters. The maximum absolute atomic E-state index is 12.1. The number of piperazine rings is 1. The van der Waals surface area contributed by atoms with Gasteiger partial charge in [-0.2, -0.15) is 0 Å². The first-order valence-electron chi connectivity index (χ1n) is 7.49. The normalized spacial score (nSPS) is 14.5. The van der Waals surface area contributed by atoms with Crippen LogP contribution in [0.3, 0.4) is 0 Å². The number of amides is 2. The van der Waals surface area contributed by atoms with E-state index >= 15 is 0 Å². The lowest BCUT2D eigenvalue weighted by atomic mass is 10.2. The molecule has 1 aromatic rings. The van der Waals surface area contributed by atoms with Crippen LogP contribution >= 0.6 is 0 Å². The molecule has 124 valence electrons. The van der Waals surface area contributed by atoms with Gasteiger partial charge in [-0.1, -0.05) is 12.1 Å². The molecule has 1 heterocycles. The van der Waals surface area contributed by atoms with E-state index in [9.17, 15) is 19.7 Å². The van der Waals surface area contributed by atoms with E-state index < -0.39 is 4.92 Å². The largest absolute Gasteiger partial charge is 0.379 e. The minimum Gasteiger partial charge on any atom is -0.379 e. The van der Waals surface area contributed by atoms with Crippen LogP contribution in [0, 0.1) is 10.1 Å². The van der Waals surface area contributed by atoms with Gasteiger partial charge in [0.2, 0.25) is 11.8 Å². The van der Waals surface area contributed by atoms with E-state index in [4.69, 9.17) is 0 Å². The number of nitrogens with zero attached hydrogens (tertiary/aromatic N) is 3. The number of nitro benzene ring substituents is 1. The van der Waals surface area contributed by atoms with Crippen molar-refractivity contribution in [2.45, 2.75) is 13.3 Å². The molecule has 8 nitrogen and oxygen atoms in total. The van der Waals surface area contributed by atoms with Crippen LogP contribution in [0.1, 0.15) is 13.3 Å². The topological polar surface area (TPSA) is 95.8 Å². The van der Waals surface area contributed by atoms with Gasteiger partial charge in [0.1, 0.15) is 5.69 Å². The van der Waals surface area contributed by atoms with Gasteiger partial charge in [-0.3, -0.25) is 19.7 Å². The number of carbonyl (C=O) groups is 2. The fourth-order valence-electron chi connectivity index (χ4n) is 2.52. The Morgan fingerprint density at radius 2 is 1.78 bits per heavy atom. The van der Waals surface area contributed by atoms with Crippen LogP contribution in [-0.4, -0.2) is 59.3 Å². The Morgan fingerprint density at radius 3 is 2.39 bits per heavy atom. The first-order chi connectivity index (χ1) is 11.0. The van der Waals surface area contributed by atoms with Crippen LogP contribution < -0.4 is 5.32 Å². The quantitative estimate of drug-likeness (QED) is 0.647. The zero-order valence-corrected chi connectivity index (χ0v) is 13.0. The lowest BCUT2D eigenvalue weighted by Gasteiger charge is -2.34. The Hall–Kier alpha value is -2.64. The molecule has 1 aliphatic rings. The van der Waals surface area contributed by atoms with Crippen LogP contribution in [0.4, 0.5) is 11.4 Å². The first kappa shape index (κ1) is 16.7. The summed E-state index contributed by atoms with van der Waals surface area (Å²) in [6.07, 6.45) is 0.256. The van der Waals surface area contributed by atoms with Crippen molar-refractivity contribution in [3.63, 3.8) is 0 Å². The third-order valence-electron chi connectivity index (χ3n) is 3.83. The second kappa shape index (κ2) is 7.57. The molecule has 1 saturated heterocycles. The Labute approximate surface area is 134 Å². The van der Waals surface area contributed by atoms with Crippen LogP contribution in [0.2, 0.25) is 0 Å². The molecule has 8 heteroatoms. The molecule has 0 spiro atoms. The highest BCUT2D eigenvalue weighted by molar-refractivity contribution is 5.78. The Bertz CT molecular complexity index is 597. The highest BCUT2D eigenvalue weighted by Gasteiger charge is 2.22. The van der Waals surface area contributed by atoms with E-state index in [1.807, 2.05) is 0 Å². The standard InChI is InChI=1S/C15H20N4O4/c1-12(20)17-8-10-18(11-9-17)15(21)6-7-16-13-4-2-3-5-14(13)19(22)23/h2-5,16H,6-11H2,1H3. The number of hydrogen-bond acceptors (Lipinski definition) is 5. The molecular formula is C15H20N4O4. The van der Waals surface area contributed by atoms with Crippen LogP contribution in [0.15, 0.2) is 24.3 Å². The smallest absolute Gasteiger partial charge is 0.292 e. The van der Waals surface area contributed by atoms with Gasteiger partial charge >= 0.3 is 0 Å². The number of anilines is 1. The second-order valence-electron chi connectivity index (χ2n) is 5.34. The number of benzene rings is 1. The number of nitrogens with one attached hydrogen (secondary N) is 1. The summed E-state index contributed by atoms with van der Waals surface area (Å²) in [4.78, 5) is 37.3. The van der Waals surface area contributed by atoms with Gasteiger partial charge in [-0.05, 0) is 6.07 Å². The zero-order valence-electron chi connectivity index (χ0n) is 13.0. The molecule has 1 aromatic carbocycles. The fourth-order valence-corrected chi connectivity index (χ4v) is 2.52. The highest BCUT2D eigenvalue weighted by atomic mass is 16.6. The van der Waals surface area contributed by atoms with Gasteiger partial charge in [0, 0.05) is 52.1 Å².